The molecule has 26 heavy (non-hydrogen) atoms. The van der Waals surface area contributed by atoms with Gasteiger partial charge in [0.25, 0.3) is 5.22 Å². The van der Waals surface area contributed by atoms with Crippen molar-refractivity contribution >= 4 is 28.5 Å². The average molecular weight is 364 g/mol. The summed E-state index contributed by atoms with van der Waals surface area (Å²) in [7, 11) is 0. The highest BCUT2D eigenvalue weighted by Gasteiger charge is 2.16. The first-order chi connectivity index (χ1) is 12.6. The van der Waals surface area contributed by atoms with Crippen LogP contribution in [0.1, 0.15) is 21.7 Å². The number of aryl methyl sites for hydroxylation is 2. The van der Waals surface area contributed by atoms with Gasteiger partial charge in [0, 0.05) is 10.9 Å². The van der Waals surface area contributed by atoms with Crippen LogP contribution in [0.25, 0.3) is 22.4 Å². The minimum Gasteiger partial charge on any atom is -0.453 e. The Morgan fingerprint density at radius 1 is 1.00 bits per heavy atom. The largest absolute Gasteiger partial charge is 0.453 e. The maximum absolute atomic E-state index is 12.3. The molecule has 0 amide bonds. The van der Waals surface area contributed by atoms with Crippen LogP contribution in [0.3, 0.4) is 0 Å². The fraction of sp³-hybridized carbons (Fsp3) is 0.150. The third-order valence-corrected chi connectivity index (χ3v) is 4.72. The highest BCUT2D eigenvalue weighted by Crippen LogP contribution is 2.26. The summed E-state index contributed by atoms with van der Waals surface area (Å²) in [5, 5.41) is 9.38. The highest BCUT2D eigenvalue weighted by atomic mass is 32.2. The van der Waals surface area contributed by atoms with Crippen molar-refractivity contribution in [1.29, 1.82) is 0 Å². The Bertz CT molecular complexity index is 1040. The normalized spacial score (nSPS) is 11.2. The number of Topliss-reactive ketones (excluding diaryl/α,β-unsaturated/α-hetero) is 1. The third-order valence-electron chi connectivity index (χ3n) is 3.90. The molecule has 0 aliphatic heterocycles. The molecule has 0 aliphatic carbocycles. The number of benzene rings is 2. The van der Waals surface area contributed by atoms with Gasteiger partial charge in [-0.15, -0.1) is 10.2 Å². The first-order valence-electron chi connectivity index (χ1n) is 8.15. The molecule has 2 aromatic carbocycles. The molecule has 0 spiro atoms. The van der Waals surface area contributed by atoms with Gasteiger partial charge in [-0.2, -0.15) is 0 Å². The Kier molecular flexibility index (Phi) is 4.34. The van der Waals surface area contributed by atoms with Gasteiger partial charge in [-0.1, -0.05) is 47.2 Å². The number of para-hydroxylation sites is 1. The second kappa shape index (κ2) is 6.80. The summed E-state index contributed by atoms with van der Waals surface area (Å²) < 4.78 is 11.3. The fourth-order valence-electron chi connectivity index (χ4n) is 2.80. The van der Waals surface area contributed by atoms with Crippen LogP contribution >= 0.6 is 11.8 Å². The molecular formula is C20H16N2O3S. The van der Waals surface area contributed by atoms with Crippen LogP contribution in [0.2, 0.25) is 0 Å². The topological polar surface area (TPSA) is 69.1 Å². The van der Waals surface area contributed by atoms with E-state index in [0.717, 1.165) is 22.1 Å². The van der Waals surface area contributed by atoms with E-state index in [9.17, 15) is 4.79 Å². The number of aromatic nitrogens is 2. The Morgan fingerprint density at radius 2 is 1.77 bits per heavy atom. The van der Waals surface area contributed by atoms with Crippen LogP contribution < -0.4 is 0 Å². The predicted molar refractivity (Wildman–Crippen MR) is 100 cm³/mol. The van der Waals surface area contributed by atoms with E-state index in [4.69, 9.17) is 8.83 Å². The molecule has 4 aromatic rings. The molecule has 5 nitrogen and oxygen atoms in total. The molecule has 0 N–H and O–H groups in total. The van der Waals surface area contributed by atoms with Crippen molar-refractivity contribution in [3.8, 4) is 11.5 Å². The van der Waals surface area contributed by atoms with E-state index in [1.165, 1.54) is 11.8 Å². The van der Waals surface area contributed by atoms with Gasteiger partial charge in [-0.25, -0.2) is 0 Å². The van der Waals surface area contributed by atoms with Gasteiger partial charge in [0.05, 0.1) is 5.75 Å². The van der Waals surface area contributed by atoms with E-state index in [0.29, 0.717) is 22.5 Å². The maximum atomic E-state index is 12.3. The number of ketones is 1. The van der Waals surface area contributed by atoms with Gasteiger partial charge >= 0.3 is 0 Å². The number of furan rings is 1. The summed E-state index contributed by atoms with van der Waals surface area (Å²) >= 11 is 1.21. The van der Waals surface area contributed by atoms with Crippen LogP contribution in [0, 0.1) is 13.8 Å². The minimum absolute atomic E-state index is 0.114. The number of carbonyl (C=O) groups excluding carboxylic acids is 1. The lowest BCUT2D eigenvalue weighted by molar-refractivity contribution is 0.0994. The highest BCUT2D eigenvalue weighted by molar-refractivity contribution is 7.99. The number of fused-ring (bicyclic) bond motifs is 1. The lowest BCUT2D eigenvalue weighted by atomic mass is 10.1. The van der Waals surface area contributed by atoms with E-state index in [2.05, 4.69) is 16.3 Å². The lowest BCUT2D eigenvalue weighted by Gasteiger charge is -2.00. The molecule has 2 aromatic heterocycles. The van der Waals surface area contributed by atoms with Crippen molar-refractivity contribution in [3.63, 3.8) is 0 Å². The van der Waals surface area contributed by atoms with E-state index in [1.807, 2.05) is 50.2 Å². The number of thioether (sulfide) groups is 1. The Balaban J connectivity index is 1.46. The van der Waals surface area contributed by atoms with Crippen LogP contribution in [0.5, 0.6) is 0 Å². The van der Waals surface area contributed by atoms with E-state index in [-0.39, 0.29) is 11.5 Å². The van der Waals surface area contributed by atoms with E-state index < -0.39 is 0 Å². The molecule has 0 bridgehead atoms. The number of rotatable bonds is 5. The number of carbonyl (C=O) groups is 1. The second-order valence-electron chi connectivity index (χ2n) is 6.11. The zero-order valence-corrected chi connectivity index (χ0v) is 15.2. The van der Waals surface area contributed by atoms with E-state index >= 15 is 0 Å². The zero-order valence-electron chi connectivity index (χ0n) is 14.4. The summed E-state index contributed by atoms with van der Waals surface area (Å²) in [6, 6.07) is 15.4. The first-order valence-corrected chi connectivity index (χ1v) is 9.14. The van der Waals surface area contributed by atoms with Crippen molar-refractivity contribution in [1.82, 2.24) is 10.2 Å². The second-order valence-corrected chi connectivity index (χ2v) is 7.04. The molecule has 0 radical (unpaired) electrons. The molecule has 130 valence electrons. The van der Waals surface area contributed by atoms with Gasteiger partial charge in [0.1, 0.15) is 5.58 Å². The van der Waals surface area contributed by atoms with Gasteiger partial charge in [-0.3, -0.25) is 4.79 Å². The van der Waals surface area contributed by atoms with Gasteiger partial charge in [-0.05, 0) is 38.1 Å². The predicted octanol–water partition coefficient (Wildman–Crippen LogP) is 5.07. The summed E-state index contributed by atoms with van der Waals surface area (Å²) in [6.07, 6.45) is 0. The summed E-state index contributed by atoms with van der Waals surface area (Å²) in [5.41, 5.74) is 3.85. The number of hydrogen-bond donors (Lipinski definition) is 0. The van der Waals surface area contributed by atoms with Gasteiger partial charge in [0.2, 0.25) is 11.7 Å². The van der Waals surface area contributed by atoms with Gasteiger partial charge in [0.15, 0.2) is 5.76 Å². The van der Waals surface area contributed by atoms with Crippen molar-refractivity contribution < 1.29 is 13.6 Å². The van der Waals surface area contributed by atoms with Crippen LogP contribution in [0.4, 0.5) is 0 Å². The SMILES string of the molecule is Cc1cc(C)cc(-c2nnc(SCC(=O)c3cc4ccccc4o3)o2)c1. The quantitative estimate of drug-likeness (QED) is 0.363. The molecule has 0 saturated heterocycles. The molecule has 4 rings (SSSR count). The molecular weight excluding hydrogens is 348 g/mol. The minimum atomic E-state index is -0.114. The van der Waals surface area contributed by atoms with Crippen LogP contribution in [-0.2, 0) is 0 Å². The standard InChI is InChI=1S/C20H16N2O3S/c1-12-7-13(2)9-15(8-12)19-21-22-20(25-19)26-11-16(23)18-10-14-5-3-4-6-17(14)24-18/h3-10H,11H2,1-2H3. The van der Waals surface area contributed by atoms with E-state index in [1.54, 1.807) is 6.07 Å². The number of hydrogen-bond acceptors (Lipinski definition) is 6. The van der Waals surface area contributed by atoms with Crippen molar-refractivity contribution in [3.05, 3.63) is 65.4 Å². The molecule has 0 aliphatic rings. The monoisotopic (exact) mass is 364 g/mol. The van der Waals surface area contributed by atoms with Crippen molar-refractivity contribution in [2.75, 3.05) is 5.75 Å². The van der Waals surface area contributed by atoms with Gasteiger partial charge < -0.3 is 8.83 Å². The maximum Gasteiger partial charge on any atom is 0.277 e. The molecule has 0 unspecified atom stereocenters. The van der Waals surface area contributed by atoms with Crippen LogP contribution in [0.15, 0.2) is 62.6 Å². The lowest BCUT2D eigenvalue weighted by Crippen LogP contribution is -2.00. The summed E-state index contributed by atoms with van der Waals surface area (Å²) in [4.78, 5) is 12.3. The zero-order chi connectivity index (χ0) is 18.1. The first kappa shape index (κ1) is 16.6. The fourth-order valence-corrected chi connectivity index (χ4v) is 3.43. The third kappa shape index (κ3) is 3.41. The van der Waals surface area contributed by atoms with Crippen LogP contribution in [-0.4, -0.2) is 21.7 Å². The Hall–Kier alpha value is -2.86. The Labute approximate surface area is 154 Å². The average Bonchev–Trinajstić information content (AvgIpc) is 3.25. The van der Waals surface area contributed by atoms with Crippen molar-refractivity contribution in [2.24, 2.45) is 0 Å². The summed E-state index contributed by atoms with van der Waals surface area (Å²) in [5.74, 6) is 0.856. The molecule has 0 atom stereocenters. The molecule has 0 fully saturated rings. The smallest absolute Gasteiger partial charge is 0.277 e. The van der Waals surface area contributed by atoms with Crippen molar-refractivity contribution in [2.45, 2.75) is 19.1 Å². The molecule has 6 heteroatoms. The Morgan fingerprint density at radius 3 is 2.54 bits per heavy atom. The summed E-state index contributed by atoms with van der Waals surface area (Å²) in [6.45, 7) is 4.04. The molecule has 0 saturated carbocycles. The number of nitrogens with zero attached hydrogens (tertiary/aromatic N) is 2. The molecule has 2 heterocycles.